The number of para-hydroxylation sites is 3. The van der Waals surface area contributed by atoms with Crippen molar-refractivity contribution in [3.8, 4) is 0 Å². The second kappa shape index (κ2) is 13.1. The third kappa shape index (κ3) is 7.17. The molecule has 174 valence electrons. The van der Waals surface area contributed by atoms with Gasteiger partial charge in [-0.1, -0.05) is 60.7 Å². The van der Waals surface area contributed by atoms with Crippen LogP contribution in [0, 0.1) is 0 Å². The van der Waals surface area contributed by atoms with E-state index in [9.17, 15) is 0 Å². The van der Waals surface area contributed by atoms with Gasteiger partial charge in [0.15, 0.2) is 0 Å². The molecule has 0 bridgehead atoms. The summed E-state index contributed by atoms with van der Waals surface area (Å²) in [6.45, 7) is 4.94. The number of benzene rings is 3. The molecule has 3 N–H and O–H groups in total. The summed E-state index contributed by atoms with van der Waals surface area (Å²) in [6.07, 6.45) is 4.95. The molecule has 5 nitrogen and oxygen atoms in total. The van der Waals surface area contributed by atoms with Gasteiger partial charge >= 0.3 is 0 Å². The molecule has 1 fully saturated rings. The second-order valence-electron chi connectivity index (χ2n) is 7.96. The first-order valence-electron chi connectivity index (χ1n) is 11.8. The first-order chi connectivity index (χ1) is 16.9. The van der Waals surface area contributed by atoms with E-state index in [-0.39, 0.29) is 0 Å². The normalized spacial score (nSPS) is 13.8. The first kappa shape index (κ1) is 23.5. The van der Waals surface area contributed by atoms with Crippen molar-refractivity contribution in [1.29, 1.82) is 0 Å². The molecule has 0 unspecified atom stereocenters. The third-order valence-electron chi connectivity index (χ3n) is 5.55. The summed E-state index contributed by atoms with van der Waals surface area (Å²) >= 11 is 0. The van der Waals surface area contributed by atoms with Crippen LogP contribution in [0.25, 0.3) is 21.8 Å². The second-order valence-corrected chi connectivity index (χ2v) is 7.96. The fraction of sp³-hybridized carbons (Fsp3) is 0.207. The summed E-state index contributed by atoms with van der Waals surface area (Å²) in [5, 5.41) is 8.93. The molecule has 3 aromatic carbocycles. The molecule has 4 heterocycles. The number of rotatable bonds is 0. The molecule has 2 aromatic heterocycles. The van der Waals surface area contributed by atoms with E-state index in [2.05, 4.69) is 75.2 Å². The summed E-state index contributed by atoms with van der Waals surface area (Å²) in [5.41, 5.74) is 5.04. The molecule has 0 spiro atoms. The van der Waals surface area contributed by atoms with Gasteiger partial charge in [-0.05, 0) is 47.7 Å². The topological polar surface area (TPSA) is 62.0 Å². The highest BCUT2D eigenvalue weighted by Crippen LogP contribution is 2.20. The van der Waals surface area contributed by atoms with Crippen LogP contribution in [-0.4, -0.2) is 42.8 Å². The van der Waals surface area contributed by atoms with Crippen LogP contribution in [0.15, 0.2) is 103 Å². The fourth-order valence-electron chi connectivity index (χ4n) is 3.77. The van der Waals surface area contributed by atoms with E-state index in [1.54, 1.807) is 0 Å². The molecule has 2 aliphatic heterocycles. The maximum atomic E-state index is 5.01. The Hall–Kier alpha value is -3.67. The quantitative estimate of drug-likeness (QED) is 0.284. The van der Waals surface area contributed by atoms with Crippen molar-refractivity contribution >= 4 is 27.5 Å². The zero-order valence-electron chi connectivity index (χ0n) is 19.4. The molecule has 0 saturated carbocycles. The van der Waals surface area contributed by atoms with Gasteiger partial charge in [0.1, 0.15) is 0 Å². The smallest absolute Gasteiger partial charge is 0.0701 e. The Balaban J connectivity index is 0.000000109. The third-order valence-corrected chi connectivity index (χ3v) is 5.55. The molecule has 1 saturated heterocycles. The number of aromatic nitrogens is 2. The number of aromatic amines is 1. The van der Waals surface area contributed by atoms with E-state index in [0.717, 1.165) is 38.4 Å². The van der Waals surface area contributed by atoms with Crippen LogP contribution in [0.4, 0.5) is 5.69 Å². The molecule has 0 atom stereocenters. The SMILES string of the molecule is C1COCCN1.c1ccc2[nH]ccc2c1.c1ccc2c(c1)CCN2.c1ccc2ncccc2c1. The lowest BCUT2D eigenvalue weighted by Gasteiger charge is -2.10. The molecule has 5 aromatic rings. The van der Waals surface area contributed by atoms with Gasteiger partial charge in [-0.3, -0.25) is 4.98 Å². The van der Waals surface area contributed by atoms with Crippen molar-refractivity contribution in [1.82, 2.24) is 15.3 Å². The van der Waals surface area contributed by atoms with Gasteiger partial charge in [-0.15, -0.1) is 0 Å². The minimum Gasteiger partial charge on any atom is -0.384 e. The van der Waals surface area contributed by atoms with E-state index in [1.807, 2.05) is 48.8 Å². The molecule has 5 heteroatoms. The van der Waals surface area contributed by atoms with Crippen LogP contribution < -0.4 is 10.6 Å². The van der Waals surface area contributed by atoms with Crippen LogP contribution in [0.5, 0.6) is 0 Å². The number of hydrogen-bond donors (Lipinski definition) is 3. The van der Waals surface area contributed by atoms with Crippen molar-refractivity contribution in [2.45, 2.75) is 6.42 Å². The predicted octanol–water partition coefficient (Wildman–Crippen LogP) is 5.66. The maximum absolute atomic E-state index is 5.01. The van der Waals surface area contributed by atoms with Crippen molar-refractivity contribution in [2.75, 3.05) is 38.2 Å². The lowest BCUT2D eigenvalue weighted by atomic mass is 10.2. The van der Waals surface area contributed by atoms with Crippen molar-refractivity contribution in [3.05, 3.63) is 109 Å². The summed E-state index contributed by atoms with van der Waals surface area (Å²) in [7, 11) is 0. The minimum atomic E-state index is 0.889. The van der Waals surface area contributed by atoms with Gasteiger partial charge in [0.2, 0.25) is 0 Å². The van der Waals surface area contributed by atoms with E-state index >= 15 is 0 Å². The standard InChI is InChI=1S/C9H7N.C8H9N.C8H7N.C4H9NO/c1-2-6-9-8(4-1)5-3-7-10-9;2*1-2-4-8-7(3-1)5-6-9-8;1-3-6-4-2-5-1/h1-7H;1-4,9H,5-6H2;1-6,9H;5H,1-4H2. The number of fused-ring (bicyclic) bond motifs is 3. The highest BCUT2D eigenvalue weighted by molar-refractivity contribution is 5.79. The number of hydrogen-bond acceptors (Lipinski definition) is 4. The fourth-order valence-corrected chi connectivity index (χ4v) is 3.77. The van der Waals surface area contributed by atoms with Gasteiger partial charge < -0.3 is 20.4 Å². The maximum Gasteiger partial charge on any atom is 0.0701 e. The van der Waals surface area contributed by atoms with Crippen LogP contribution in [0.2, 0.25) is 0 Å². The van der Waals surface area contributed by atoms with Gasteiger partial charge in [0.25, 0.3) is 0 Å². The van der Waals surface area contributed by atoms with Crippen LogP contribution in [0.1, 0.15) is 5.56 Å². The van der Waals surface area contributed by atoms with E-state index in [4.69, 9.17) is 4.74 Å². The lowest BCUT2D eigenvalue weighted by Crippen LogP contribution is -2.30. The number of morpholine rings is 1. The zero-order chi connectivity index (χ0) is 23.3. The van der Waals surface area contributed by atoms with Crippen LogP contribution in [0.3, 0.4) is 0 Å². The molecule has 0 radical (unpaired) electrons. The number of anilines is 1. The van der Waals surface area contributed by atoms with Gasteiger partial charge in [0, 0.05) is 48.6 Å². The monoisotopic (exact) mass is 452 g/mol. The van der Waals surface area contributed by atoms with Gasteiger partial charge in [-0.2, -0.15) is 0 Å². The van der Waals surface area contributed by atoms with Gasteiger partial charge in [-0.25, -0.2) is 0 Å². The summed E-state index contributed by atoms with van der Waals surface area (Å²) < 4.78 is 5.01. The lowest BCUT2D eigenvalue weighted by molar-refractivity contribution is 0.109. The van der Waals surface area contributed by atoms with Gasteiger partial charge in [0.05, 0.1) is 18.7 Å². The number of pyridine rings is 1. The predicted molar refractivity (Wildman–Crippen MR) is 142 cm³/mol. The number of H-pyrrole nitrogens is 1. The number of nitrogens with zero attached hydrogens (tertiary/aromatic N) is 1. The average molecular weight is 453 g/mol. The highest BCUT2D eigenvalue weighted by atomic mass is 16.5. The van der Waals surface area contributed by atoms with Crippen molar-refractivity contribution in [2.24, 2.45) is 0 Å². The minimum absolute atomic E-state index is 0.889. The molecule has 34 heavy (non-hydrogen) atoms. The van der Waals surface area contributed by atoms with Crippen LogP contribution >= 0.6 is 0 Å². The Morgan fingerprint density at radius 1 is 0.676 bits per heavy atom. The largest absolute Gasteiger partial charge is 0.384 e. The Morgan fingerprint density at radius 3 is 2.15 bits per heavy atom. The zero-order valence-corrected chi connectivity index (χ0v) is 19.4. The summed E-state index contributed by atoms with van der Waals surface area (Å²) in [5.74, 6) is 0. The van der Waals surface area contributed by atoms with E-state index < -0.39 is 0 Å². The molecular formula is C29H32N4O. The highest BCUT2D eigenvalue weighted by Gasteiger charge is 2.05. The van der Waals surface area contributed by atoms with Crippen molar-refractivity contribution in [3.63, 3.8) is 0 Å². The Bertz CT molecular complexity index is 1130. The summed E-state index contributed by atoms with van der Waals surface area (Å²) in [6, 6.07) is 30.8. The number of ether oxygens (including phenoxy) is 1. The summed E-state index contributed by atoms with van der Waals surface area (Å²) in [4.78, 5) is 7.30. The molecule has 0 aliphatic carbocycles. The van der Waals surface area contributed by atoms with Crippen molar-refractivity contribution < 1.29 is 4.74 Å². The number of nitrogens with one attached hydrogen (secondary N) is 3. The Morgan fingerprint density at radius 2 is 1.41 bits per heavy atom. The van der Waals surface area contributed by atoms with Crippen LogP contribution in [-0.2, 0) is 11.2 Å². The first-order valence-corrected chi connectivity index (χ1v) is 11.8. The molecule has 0 amide bonds. The van der Waals surface area contributed by atoms with E-state index in [1.165, 1.54) is 34.0 Å². The molecular weight excluding hydrogens is 420 g/mol. The Labute approximate surface area is 201 Å². The average Bonchev–Trinajstić information content (AvgIpc) is 3.61. The molecule has 2 aliphatic rings. The Kier molecular flexibility index (Phi) is 9.08. The van der Waals surface area contributed by atoms with E-state index in [0.29, 0.717) is 0 Å². The molecule has 7 rings (SSSR count).